The van der Waals surface area contributed by atoms with Gasteiger partial charge in [-0.05, 0) is 62.2 Å². The van der Waals surface area contributed by atoms with Crippen LogP contribution in [0.4, 0.5) is 0 Å². The summed E-state index contributed by atoms with van der Waals surface area (Å²) in [5.41, 5.74) is 0. The molecule has 0 amide bonds. The zero-order valence-corrected chi connectivity index (χ0v) is 12.7. The second-order valence-electron chi connectivity index (χ2n) is 4.67. The summed E-state index contributed by atoms with van der Waals surface area (Å²) in [6.07, 6.45) is 9.31. The summed E-state index contributed by atoms with van der Waals surface area (Å²) < 4.78 is 0. The molecule has 0 unspecified atom stereocenters. The van der Waals surface area contributed by atoms with E-state index in [-0.39, 0.29) is 43.5 Å². The maximum atomic E-state index is 1.93. The van der Waals surface area contributed by atoms with Gasteiger partial charge in [-0.15, -0.1) is 0 Å². The van der Waals surface area contributed by atoms with Gasteiger partial charge in [0.25, 0.3) is 0 Å². The Hall–Kier alpha value is 1.35. The fraction of sp³-hybridized carbons (Fsp3) is 0.900. The third kappa shape index (κ3) is 1.89. The molecule has 0 aliphatic heterocycles. The van der Waals surface area contributed by atoms with Crippen molar-refractivity contribution in [2.45, 2.75) is 38.5 Å². The Morgan fingerprint density at radius 3 is 1.33 bits per heavy atom. The van der Waals surface area contributed by atoms with Crippen molar-refractivity contribution in [3.63, 3.8) is 0 Å². The second kappa shape index (κ2) is 4.25. The molecule has 4 aliphatic rings. The minimum atomic E-state index is 0. The molecule has 4 fully saturated rings. The van der Waals surface area contributed by atoms with E-state index in [1.165, 1.54) is 19.3 Å². The second-order valence-corrected chi connectivity index (χ2v) is 4.67. The van der Waals surface area contributed by atoms with Gasteiger partial charge in [-0.1, -0.05) is 0 Å². The minimum absolute atomic E-state index is 0. The van der Waals surface area contributed by atoms with Crippen LogP contribution in [0.3, 0.4) is 0 Å². The Bertz CT molecular complexity index is 101. The van der Waals surface area contributed by atoms with Gasteiger partial charge in [-0.2, -0.15) is 0 Å². The van der Waals surface area contributed by atoms with Gasteiger partial charge in [0.2, 0.25) is 0 Å². The first-order chi connectivity index (χ1) is 4.90. The number of hydrogen-bond acceptors (Lipinski definition) is 0. The third-order valence-corrected chi connectivity index (χ3v) is 3.73. The smallest absolute Gasteiger partial charge is 0 e. The van der Waals surface area contributed by atoms with Crippen LogP contribution in [0.5, 0.6) is 0 Å². The van der Waals surface area contributed by atoms with Gasteiger partial charge in [0, 0.05) is 19.5 Å². The van der Waals surface area contributed by atoms with Crippen LogP contribution in [-0.2, 0) is 19.5 Å². The summed E-state index contributed by atoms with van der Waals surface area (Å²) in [7, 11) is 0. The van der Waals surface area contributed by atoms with E-state index in [0.29, 0.717) is 0 Å². The molecule has 0 atom stereocenters. The van der Waals surface area contributed by atoms with E-state index in [9.17, 15) is 0 Å². The SMILES string of the molecule is C1[C]2CC3CC1CC(C2)C3.[I-].[Zn]. The number of rotatable bonds is 0. The van der Waals surface area contributed by atoms with E-state index in [4.69, 9.17) is 0 Å². The van der Waals surface area contributed by atoms with Crippen molar-refractivity contribution < 1.29 is 43.5 Å². The van der Waals surface area contributed by atoms with Crippen molar-refractivity contribution in [3.8, 4) is 0 Å². The maximum Gasteiger partial charge on any atom is 0 e. The largest absolute Gasteiger partial charge is 1.00 e. The van der Waals surface area contributed by atoms with E-state index in [1.807, 2.05) is 5.92 Å². The van der Waals surface area contributed by atoms with Crippen LogP contribution in [0.2, 0.25) is 0 Å². The van der Waals surface area contributed by atoms with E-state index >= 15 is 0 Å². The zero-order valence-electron chi connectivity index (χ0n) is 7.56. The summed E-state index contributed by atoms with van der Waals surface area (Å²) in [6.45, 7) is 0. The first kappa shape index (κ1) is 11.4. The Morgan fingerprint density at radius 2 is 1.08 bits per heavy atom. The Morgan fingerprint density at radius 1 is 0.750 bits per heavy atom. The predicted molar refractivity (Wildman–Crippen MR) is 41.4 cm³/mol. The van der Waals surface area contributed by atoms with Crippen molar-refractivity contribution in [1.82, 2.24) is 0 Å². The topological polar surface area (TPSA) is 0 Å². The van der Waals surface area contributed by atoms with E-state index in [2.05, 4.69) is 0 Å². The summed E-state index contributed by atoms with van der Waals surface area (Å²) in [5.74, 6) is 5.35. The van der Waals surface area contributed by atoms with Gasteiger partial charge in [-0.3, -0.25) is 0 Å². The minimum Gasteiger partial charge on any atom is -1.00 e. The van der Waals surface area contributed by atoms with Crippen molar-refractivity contribution >= 4 is 0 Å². The number of halogens is 1. The van der Waals surface area contributed by atoms with Gasteiger partial charge in [0.05, 0.1) is 0 Å². The van der Waals surface area contributed by atoms with Crippen LogP contribution < -0.4 is 24.0 Å². The molecule has 12 heavy (non-hydrogen) atoms. The van der Waals surface area contributed by atoms with Gasteiger partial charge in [-0.25, -0.2) is 0 Å². The molecule has 0 N–H and O–H groups in total. The molecule has 0 saturated heterocycles. The quantitative estimate of drug-likeness (QED) is 0.427. The molecule has 0 spiro atoms. The van der Waals surface area contributed by atoms with Crippen molar-refractivity contribution in [1.29, 1.82) is 0 Å². The predicted octanol–water partition coefficient (Wildman–Crippen LogP) is -0.208. The average molecular weight is 328 g/mol. The van der Waals surface area contributed by atoms with Crippen molar-refractivity contribution in [2.24, 2.45) is 17.8 Å². The molecule has 4 aliphatic carbocycles. The fourth-order valence-electron chi connectivity index (χ4n) is 3.68. The summed E-state index contributed by atoms with van der Waals surface area (Å²) >= 11 is 0. The molecule has 1 radical (unpaired) electrons. The molecule has 0 nitrogen and oxygen atoms in total. The normalized spacial score (nSPS) is 43.5. The van der Waals surface area contributed by atoms with Crippen LogP contribution in [0.15, 0.2) is 0 Å². The third-order valence-electron chi connectivity index (χ3n) is 3.73. The van der Waals surface area contributed by atoms with Crippen LogP contribution >= 0.6 is 0 Å². The molecule has 0 aromatic heterocycles. The molecule has 65 valence electrons. The number of hydrogen-bond donors (Lipinski definition) is 0. The average Bonchev–Trinajstić information content (AvgIpc) is 1.82. The molecule has 4 bridgehead atoms. The monoisotopic (exact) mass is 326 g/mol. The van der Waals surface area contributed by atoms with Crippen molar-refractivity contribution in [3.05, 3.63) is 5.92 Å². The van der Waals surface area contributed by atoms with Gasteiger partial charge in [0.15, 0.2) is 0 Å². The van der Waals surface area contributed by atoms with E-state index in [1.54, 1.807) is 19.3 Å². The zero-order chi connectivity index (χ0) is 6.55. The van der Waals surface area contributed by atoms with E-state index < -0.39 is 0 Å². The molecule has 0 aromatic rings. The van der Waals surface area contributed by atoms with Crippen LogP contribution in [0.1, 0.15) is 38.5 Å². The maximum absolute atomic E-state index is 1.93. The standard InChI is InChI=1S/C10H15.HI.Zn/c1-7-2-9-4-8(1)5-10(3-7)6-9;;/h7-9H,1-6H2;1H;/p-1. The fourth-order valence-corrected chi connectivity index (χ4v) is 3.68. The first-order valence-corrected chi connectivity index (χ1v) is 4.73. The molecule has 0 aromatic carbocycles. The first-order valence-electron chi connectivity index (χ1n) is 4.73. The van der Waals surface area contributed by atoms with Crippen LogP contribution in [0.25, 0.3) is 0 Å². The van der Waals surface area contributed by atoms with Crippen LogP contribution in [-0.4, -0.2) is 0 Å². The molecule has 2 heteroatoms. The van der Waals surface area contributed by atoms with Gasteiger partial charge < -0.3 is 24.0 Å². The van der Waals surface area contributed by atoms with Gasteiger partial charge >= 0.3 is 0 Å². The van der Waals surface area contributed by atoms with Crippen molar-refractivity contribution in [2.75, 3.05) is 0 Å². The Balaban J connectivity index is 0.000000360. The summed E-state index contributed by atoms with van der Waals surface area (Å²) in [4.78, 5) is 0. The summed E-state index contributed by atoms with van der Waals surface area (Å²) in [5, 5.41) is 0. The van der Waals surface area contributed by atoms with E-state index in [0.717, 1.165) is 17.8 Å². The molecular formula is C10H15IZn-. The summed E-state index contributed by atoms with van der Waals surface area (Å²) in [6, 6.07) is 0. The molecule has 4 rings (SSSR count). The molecule has 4 saturated carbocycles. The van der Waals surface area contributed by atoms with Crippen LogP contribution in [0, 0.1) is 23.7 Å². The Labute approximate surface area is 105 Å². The van der Waals surface area contributed by atoms with Gasteiger partial charge in [0.1, 0.15) is 0 Å². The molecule has 0 heterocycles. The molecular weight excluding hydrogens is 312 g/mol. The Kier molecular flexibility index (Phi) is 4.05.